The number of anilines is 1. The van der Waals surface area contributed by atoms with Gasteiger partial charge in [-0.25, -0.2) is 4.98 Å². The van der Waals surface area contributed by atoms with Gasteiger partial charge in [0.2, 0.25) is 0 Å². The molecule has 2 N–H and O–H groups in total. The SMILES string of the molecule is O=C(NNc1ccccc1C(F)(F)F)c1cc(Cl)nc(Cl)c1. The van der Waals surface area contributed by atoms with Gasteiger partial charge in [0.25, 0.3) is 5.91 Å². The molecule has 9 heteroatoms. The van der Waals surface area contributed by atoms with Crippen molar-refractivity contribution in [1.82, 2.24) is 10.4 Å². The van der Waals surface area contributed by atoms with Gasteiger partial charge in [0.15, 0.2) is 0 Å². The number of hydrogen-bond donors (Lipinski definition) is 2. The van der Waals surface area contributed by atoms with Crippen LogP contribution in [-0.2, 0) is 6.18 Å². The highest BCUT2D eigenvalue weighted by Gasteiger charge is 2.33. The number of amides is 1. The van der Waals surface area contributed by atoms with Crippen molar-refractivity contribution in [1.29, 1.82) is 0 Å². The molecule has 0 fully saturated rings. The molecule has 116 valence electrons. The van der Waals surface area contributed by atoms with Gasteiger partial charge in [-0.15, -0.1) is 0 Å². The van der Waals surface area contributed by atoms with Crippen molar-refractivity contribution in [2.24, 2.45) is 0 Å². The van der Waals surface area contributed by atoms with Crippen molar-refractivity contribution in [3.05, 3.63) is 57.8 Å². The molecule has 0 spiro atoms. The number of halogens is 5. The maximum atomic E-state index is 12.8. The first-order valence-corrected chi connectivity index (χ1v) is 6.58. The second-order valence-electron chi connectivity index (χ2n) is 4.12. The summed E-state index contributed by atoms with van der Waals surface area (Å²) < 4.78 is 38.4. The van der Waals surface area contributed by atoms with Crippen molar-refractivity contribution in [2.75, 3.05) is 5.43 Å². The highest BCUT2D eigenvalue weighted by Crippen LogP contribution is 2.34. The molecule has 0 atom stereocenters. The van der Waals surface area contributed by atoms with Crippen LogP contribution >= 0.6 is 23.2 Å². The second-order valence-corrected chi connectivity index (χ2v) is 4.90. The van der Waals surface area contributed by atoms with Crippen LogP contribution in [0.15, 0.2) is 36.4 Å². The fraction of sp³-hybridized carbons (Fsp3) is 0.0769. The Balaban J connectivity index is 2.15. The van der Waals surface area contributed by atoms with Gasteiger partial charge in [-0.3, -0.25) is 15.6 Å². The number of pyridine rings is 1. The van der Waals surface area contributed by atoms with E-state index in [2.05, 4.69) is 15.8 Å². The number of para-hydroxylation sites is 1. The molecule has 2 rings (SSSR count). The van der Waals surface area contributed by atoms with Gasteiger partial charge in [-0.1, -0.05) is 35.3 Å². The van der Waals surface area contributed by atoms with Crippen molar-refractivity contribution >= 4 is 34.8 Å². The van der Waals surface area contributed by atoms with E-state index in [1.165, 1.54) is 30.3 Å². The van der Waals surface area contributed by atoms with Gasteiger partial charge in [-0.2, -0.15) is 13.2 Å². The number of alkyl halides is 3. The molecule has 2 aromatic rings. The first-order chi connectivity index (χ1) is 10.3. The van der Waals surface area contributed by atoms with Crippen LogP contribution in [0.2, 0.25) is 10.3 Å². The largest absolute Gasteiger partial charge is 0.418 e. The Hall–Kier alpha value is -1.99. The topological polar surface area (TPSA) is 54.0 Å². The third-order valence-corrected chi connectivity index (χ3v) is 2.96. The van der Waals surface area contributed by atoms with Crippen LogP contribution < -0.4 is 10.9 Å². The van der Waals surface area contributed by atoms with E-state index in [4.69, 9.17) is 23.2 Å². The first kappa shape index (κ1) is 16.4. The van der Waals surface area contributed by atoms with Gasteiger partial charge < -0.3 is 0 Å². The van der Waals surface area contributed by atoms with Crippen LogP contribution in [0, 0.1) is 0 Å². The van der Waals surface area contributed by atoms with E-state index in [1.807, 2.05) is 0 Å². The third-order valence-electron chi connectivity index (χ3n) is 2.57. The molecule has 0 aliphatic carbocycles. The van der Waals surface area contributed by atoms with E-state index in [0.717, 1.165) is 6.07 Å². The maximum Gasteiger partial charge on any atom is 0.418 e. The van der Waals surface area contributed by atoms with Gasteiger partial charge in [0.1, 0.15) is 10.3 Å². The summed E-state index contributed by atoms with van der Waals surface area (Å²) in [7, 11) is 0. The number of hydrogen-bond acceptors (Lipinski definition) is 3. The maximum absolute atomic E-state index is 12.8. The molecule has 0 unspecified atom stereocenters. The van der Waals surface area contributed by atoms with Crippen molar-refractivity contribution in [3.63, 3.8) is 0 Å². The monoisotopic (exact) mass is 349 g/mol. The summed E-state index contributed by atoms with van der Waals surface area (Å²) in [5, 5.41) is -0.0123. The molecule has 0 bridgehead atoms. The number of nitrogens with one attached hydrogen (secondary N) is 2. The zero-order valence-corrected chi connectivity index (χ0v) is 12.2. The van der Waals surface area contributed by atoms with Crippen LogP contribution in [0.3, 0.4) is 0 Å². The lowest BCUT2D eigenvalue weighted by atomic mass is 10.2. The van der Waals surface area contributed by atoms with Crippen LogP contribution in [0.5, 0.6) is 0 Å². The number of benzene rings is 1. The summed E-state index contributed by atoms with van der Waals surface area (Å²) in [5.74, 6) is -0.705. The lowest BCUT2D eigenvalue weighted by molar-refractivity contribution is -0.137. The predicted octanol–water partition coefficient (Wildman–Crippen LogP) is 4.16. The number of aromatic nitrogens is 1. The molecule has 1 heterocycles. The second kappa shape index (κ2) is 6.41. The minimum atomic E-state index is -4.54. The minimum Gasteiger partial charge on any atom is -0.298 e. The van der Waals surface area contributed by atoms with Crippen LogP contribution in [0.1, 0.15) is 15.9 Å². The number of rotatable bonds is 3. The predicted molar refractivity (Wildman–Crippen MR) is 76.8 cm³/mol. The molecule has 4 nitrogen and oxygen atoms in total. The number of carbonyl (C=O) groups is 1. The molecule has 0 saturated heterocycles. The van der Waals surface area contributed by atoms with E-state index in [1.54, 1.807) is 0 Å². The fourth-order valence-corrected chi connectivity index (χ4v) is 2.09. The Morgan fingerprint density at radius 2 is 1.68 bits per heavy atom. The zero-order chi connectivity index (χ0) is 16.3. The first-order valence-electron chi connectivity index (χ1n) is 5.83. The van der Waals surface area contributed by atoms with Gasteiger partial charge in [0, 0.05) is 5.56 Å². The van der Waals surface area contributed by atoms with Gasteiger partial charge >= 0.3 is 6.18 Å². The van der Waals surface area contributed by atoms with Crippen molar-refractivity contribution in [3.8, 4) is 0 Å². The number of carbonyl (C=O) groups excluding carboxylic acids is 1. The number of hydrazine groups is 1. The Morgan fingerprint density at radius 3 is 2.27 bits per heavy atom. The molecule has 1 aromatic carbocycles. The smallest absolute Gasteiger partial charge is 0.298 e. The number of nitrogens with zero attached hydrogens (tertiary/aromatic N) is 1. The average molecular weight is 350 g/mol. The van der Waals surface area contributed by atoms with E-state index in [-0.39, 0.29) is 21.6 Å². The molecular weight excluding hydrogens is 342 g/mol. The summed E-state index contributed by atoms with van der Waals surface area (Å²) in [4.78, 5) is 15.5. The van der Waals surface area contributed by atoms with E-state index in [9.17, 15) is 18.0 Å². The van der Waals surface area contributed by atoms with E-state index in [0.29, 0.717) is 0 Å². The van der Waals surface area contributed by atoms with Crippen molar-refractivity contribution in [2.45, 2.75) is 6.18 Å². The average Bonchev–Trinajstić information content (AvgIpc) is 2.43. The summed E-state index contributed by atoms with van der Waals surface area (Å²) >= 11 is 11.3. The Morgan fingerprint density at radius 1 is 1.09 bits per heavy atom. The quantitative estimate of drug-likeness (QED) is 0.646. The Kier molecular flexibility index (Phi) is 4.77. The lowest BCUT2D eigenvalue weighted by Gasteiger charge is -2.15. The van der Waals surface area contributed by atoms with Crippen molar-refractivity contribution < 1.29 is 18.0 Å². The van der Waals surface area contributed by atoms with Gasteiger partial charge in [0.05, 0.1) is 11.3 Å². The zero-order valence-electron chi connectivity index (χ0n) is 10.7. The third kappa shape index (κ3) is 4.02. The molecule has 1 amide bonds. The van der Waals surface area contributed by atoms with Crippen LogP contribution in [0.25, 0.3) is 0 Å². The fourth-order valence-electron chi connectivity index (χ4n) is 1.63. The molecular formula is C13H8Cl2F3N3O. The summed E-state index contributed by atoms with van der Waals surface area (Å²) in [6, 6.07) is 7.21. The Bertz CT molecular complexity index is 687. The molecule has 0 radical (unpaired) electrons. The standard InChI is InChI=1S/C13H8Cl2F3N3O/c14-10-5-7(6-11(15)19-10)12(22)21-20-9-4-2-1-3-8(9)13(16,17)18/h1-6,20H,(H,21,22). The highest BCUT2D eigenvalue weighted by molar-refractivity contribution is 6.33. The summed E-state index contributed by atoms with van der Waals surface area (Å²) in [6.07, 6.45) is -4.54. The van der Waals surface area contributed by atoms with Crippen LogP contribution in [-0.4, -0.2) is 10.9 Å². The van der Waals surface area contributed by atoms with E-state index >= 15 is 0 Å². The molecule has 22 heavy (non-hydrogen) atoms. The normalized spacial score (nSPS) is 11.1. The van der Waals surface area contributed by atoms with Crippen LogP contribution in [0.4, 0.5) is 18.9 Å². The lowest BCUT2D eigenvalue weighted by Crippen LogP contribution is -2.30. The summed E-state index contributed by atoms with van der Waals surface area (Å²) in [6.45, 7) is 0. The molecule has 0 aliphatic rings. The Labute approximate surface area is 133 Å². The van der Waals surface area contributed by atoms with Gasteiger partial charge in [-0.05, 0) is 24.3 Å². The highest BCUT2D eigenvalue weighted by atomic mass is 35.5. The molecule has 0 aliphatic heterocycles. The summed E-state index contributed by atoms with van der Waals surface area (Å²) in [5.41, 5.74) is 3.25. The molecule has 0 saturated carbocycles. The van der Waals surface area contributed by atoms with E-state index < -0.39 is 17.6 Å². The molecule has 1 aromatic heterocycles. The minimum absolute atomic E-state index is 0.00617.